The van der Waals surface area contributed by atoms with Crippen LogP contribution < -0.4 is 5.01 Å². The molecule has 1 aliphatic rings. The summed E-state index contributed by atoms with van der Waals surface area (Å²) in [6.45, 7) is 7.12. The molecular formula is C21H26ClN3O2S. The van der Waals surface area contributed by atoms with Crippen LogP contribution in [0.15, 0.2) is 58.5 Å². The molecule has 7 heteroatoms. The van der Waals surface area contributed by atoms with E-state index in [0.717, 1.165) is 43.0 Å². The summed E-state index contributed by atoms with van der Waals surface area (Å²) in [6, 6.07) is 14.7. The van der Waals surface area contributed by atoms with Crippen molar-refractivity contribution >= 4 is 32.8 Å². The lowest BCUT2D eigenvalue weighted by Gasteiger charge is -2.18. The predicted octanol–water partition coefficient (Wildman–Crippen LogP) is 4.07. The van der Waals surface area contributed by atoms with Gasteiger partial charge in [-0.2, -0.15) is 5.10 Å². The SMILES string of the molecule is CCN(CC)CCS(=O)(=O)c1ccc(N2CCC(c3ccc(Cl)cc3)=N2)cc1. The molecule has 28 heavy (non-hydrogen) atoms. The summed E-state index contributed by atoms with van der Waals surface area (Å²) in [5.41, 5.74) is 2.96. The monoisotopic (exact) mass is 419 g/mol. The first kappa shape index (κ1) is 20.8. The molecule has 3 rings (SSSR count). The van der Waals surface area contributed by atoms with E-state index in [1.807, 2.05) is 55.3 Å². The van der Waals surface area contributed by atoms with Gasteiger partial charge < -0.3 is 4.90 Å². The van der Waals surface area contributed by atoms with Crippen molar-refractivity contribution in [2.24, 2.45) is 5.10 Å². The van der Waals surface area contributed by atoms with Gasteiger partial charge in [-0.05, 0) is 55.1 Å². The van der Waals surface area contributed by atoms with Crippen LogP contribution in [0.25, 0.3) is 0 Å². The van der Waals surface area contributed by atoms with Crippen LogP contribution in [-0.2, 0) is 9.84 Å². The van der Waals surface area contributed by atoms with E-state index in [0.29, 0.717) is 16.5 Å². The highest BCUT2D eigenvalue weighted by Gasteiger charge is 2.19. The highest BCUT2D eigenvalue weighted by molar-refractivity contribution is 7.91. The van der Waals surface area contributed by atoms with Gasteiger partial charge in [0.1, 0.15) is 0 Å². The number of nitrogens with zero attached hydrogens (tertiary/aromatic N) is 3. The first-order chi connectivity index (χ1) is 13.4. The van der Waals surface area contributed by atoms with E-state index in [1.165, 1.54) is 0 Å². The summed E-state index contributed by atoms with van der Waals surface area (Å²) in [5.74, 6) is 0.136. The maximum Gasteiger partial charge on any atom is 0.179 e. The third kappa shape index (κ3) is 4.93. The number of rotatable bonds is 8. The first-order valence-electron chi connectivity index (χ1n) is 9.59. The largest absolute Gasteiger partial charge is 0.303 e. The van der Waals surface area contributed by atoms with E-state index in [4.69, 9.17) is 11.6 Å². The Morgan fingerprint density at radius 2 is 1.68 bits per heavy atom. The van der Waals surface area contributed by atoms with Crippen molar-refractivity contribution in [3.8, 4) is 0 Å². The topological polar surface area (TPSA) is 53.0 Å². The van der Waals surface area contributed by atoms with Gasteiger partial charge in [-0.15, -0.1) is 0 Å². The molecule has 1 aliphatic heterocycles. The quantitative estimate of drug-likeness (QED) is 0.647. The van der Waals surface area contributed by atoms with Crippen LogP contribution in [0.5, 0.6) is 0 Å². The molecule has 1 heterocycles. The average molecular weight is 420 g/mol. The number of benzene rings is 2. The van der Waals surface area contributed by atoms with Crippen LogP contribution >= 0.6 is 11.6 Å². The molecule has 5 nitrogen and oxygen atoms in total. The van der Waals surface area contributed by atoms with E-state index >= 15 is 0 Å². The number of hydrogen-bond acceptors (Lipinski definition) is 5. The van der Waals surface area contributed by atoms with Crippen molar-refractivity contribution in [3.05, 3.63) is 59.1 Å². The molecule has 0 N–H and O–H groups in total. The molecule has 150 valence electrons. The van der Waals surface area contributed by atoms with E-state index in [2.05, 4.69) is 10.0 Å². The first-order valence-corrected chi connectivity index (χ1v) is 11.6. The van der Waals surface area contributed by atoms with Gasteiger partial charge in [0.25, 0.3) is 0 Å². The Hall–Kier alpha value is -1.89. The minimum Gasteiger partial charge on any atom is -0.303 e. The van der Waals surface area contributed by atoms with Crippen LogP contribution in [0.1, 0.15) is 25.8 Å². The number of sulfone groups is 1. The second-order valence-corrected chi connectivity index (χ2v) is 9.31. The van der Waals surface area contributed by atoms with Crippen LogP contribution in [0.2, 0.25) is 5.02 Å². The minimum atomic E-state index is -3.28. The predicted molar refractivity (Wildman–Crippen MR) is 116 cm³/mol. The maximum atomic E-state index is 12.6. The molecule has 0 radical (unpaired) electrons. The molecule has 0 spiro atoms. The summed E-state index contributed by atoms with van der Waals surface area (Å²) in [5, 5.41) is 7.30. The van der Waals surface area contributed by atoms with Gasteiger partial charge in [0.15, 0.2) is 9.84 Å². The van der Waals surface area contributed by atoms with Gasteiger partial charge in [-0.25, -0.2) is 8.42 Å². The van der Waals surface area contributed by atoms with Crippen LogP contribution in [0.3, 0.4) is 0 Å². The second-order valence-electron chi connectivity index (χ2n) is 6.77. The lowest BCUT2D eigenvalue weighted by Crippen LogP contribution is -2.29. The minimum absolute atomic E-state index is 0.136. The zero-order chi connectivity index (χ0) is 20.1. The molecule has 0 unspecified atom stereocenters. The highest BCUT2D eigenvalue weighted by Crippen LogP contribution is 2.24. The lowest BCUT2D eigenvalue weighted by molar-refractivity contribution is 0.321. The smallest absolute Gasteiger partial charge is 0.179 e. The molecular weight excluding hydrogens is 394 g/mol. The van der Waals surface area contributed by atoms with Crippen LogP contribution in [0.4, 0.5) is 5.69 Å². The standard InChI is InChI=1S/C21H26ClN3O2S/c1-3-24(4-2)15-16-28(26,27)20-11-9-19(10-12-20)25-14-13-21(23-25)17-5-7-18(22)8-6-17/h5-12H,3-4,13-16H2,1-2H3. The summed E-state index contributed by atoms with van der Waals surface area (Å²) in [4.78, 5) is 2.48. The number of anilines is 1. The third-order valence-electron chi connectivity index (χ3n) is 5.04. The van der Waals surface area contributed by atoms with Gasteiger partial charge in [0, 0.05) is 24.5 Å². The van der Waals surface area contributed by atoms with Crippen molar-refractivity contribution in [1.82, 2.24) is 4.90 Å². The fraction of sp³-hybridized carbons (Fsp3) is 0.381. The van der Waals surface area contributed by atoms with Gasteiger partial charge in [0.05, 0.1) is 22.0 Å². The normalized spacial score (nSPS) is 14.6. The van der Waals surface area contributed by atoms with E-state index in [-0.39, 0.29) is 5.75 Å². The molecule has 0 aliphatic carbocycles. The number of hydrazone groups is 1. The summed E-state index contributed by atoms with van der Waals surface area (Å²) < 4.78 is 25.2. The number of hydrogen-bond donors (Lipinski definition) is 0. The van der Waals surface area contributed by atoms with E-state index in [1.54, 1.807) is 12.1 Å². The summed E-state index contributed by atoms with van der Waals surface area (Å²) in [6.07, 6.45) is 0.839. The zero-order valence-corrected chi connectivity index (χ0v) is 17.9. The zero-order valence-electron chi connectivity index (χ0n) is 16.3. The average Bonchev–Trinajstić information content (AvgIpc) is 3.19. The van der Waals surface area contributed by atoms with Crippen molar-refractivity contribution in [2.45, 2.75) is 25.2 Å². The van der Waals surface area contributed by atoms with E-state index < -0.39 is 9.84 Å². The van der Waals surface area contributed by atoms with Crippen molar-refractivity contribution in [1.29, 1.82) is 0 Å². The van der Waals surface area contributed by atoms with E-state index in [9.17, 15) is 8.42 Å². The van der Waals surface area contributed by atoms with Crippen LogP contribution in [0, 0.1) is 0 Å². The fourth-order valence-corrected chi connectivity index (χ4v) is 4.63. The third-order valence-corrected chi connectivity index (χ3v) is 7.01. The molecule has 0 saturated heterocycles. The van der Waals surface area contributed by atoms with Crippen molar-refractivity contribution in [3.63, 3.8) is 0 Å². The Labute approximate surface area is 172 Å². The molecule has 0 saturated carbocycles. The molecule has 0 amide bonds. The number of halogens is 1. The Kier molecular flexibility index (Phi) is 6.75. The van der Waals surface area contributed by atoms with Crippen molar-refractivity contribution < 1.29 is 8.42 Å². The summed E-state index contributed by atoms with van der Waals surface area (Å²) >= 11 is 5.95. The summed E-state index contributed by atoms with van der Waals surface area (Å²) in [7, 11) is -3.28. The molecule has 0 bridgehead atoms. The lowest BCUT2D eigenvalue weighted by atomic mass is 10.1. The molecule has 2 aromatic rings. The molecule has 2 aromatic carbocycles. The fourth-order valence-electron chi connectivity index (χ4n) is 3.22. The van der Waals surface area contributed by atoms with Crippen LogP contribution in [-0.4, -0.2) is 51.0 Å². The van der Waals surface area contributed by atoms with Gasteiger partial charge in [0.2, 0.25) is 0 Å². The Balaban J connectivity index is 1.70. The Morgan fingerprint density at radius 3 is 2.29 bits per heavy atom. The second kappa shape index (κ2) is 9.07. The molecule has 0 aromatic heterocycles. The highest BCUT2D eigenvalue weighted by atomic mass is 35.5. The Morgan fingerprint density at radius 1 is 1.04 bits per heavy atom. The van der Waals surface area contributed by atoms with Gasteiger partial charge in [-0.1, -0.05) is 37.6 Å². The molecule has 0 fully saturated rings. The van der Waals surface area contributed by atoms with Gasteiger partial charge >= 0.3 is 0 Å². The maximum absolute atomic E-state index is 12.6. The Bertz CT molecular complexity index is 921. The molecule has 0 atom stereocenters. The van der Waals surface area contributed by atoms with Crippen molar-refractivity contribution in [2.75, 3.05) is 36.9 Å². The van der Waals surface area contributed by atoms with Gasteiger partial charge in [-0.3, -0.25) is 5.01 Å².